The number of nitrogens with zero attached hydrogens (tertiary/aromatic N) is 3. The normalized spacial score (nSPS) is 16.4. The number of carbonyl (C=O) groups excluding carboxylic acids is 2. The minimum Gasteiger partial charge on any atom is -0.456 e. The van der Waals surface area contributed by atoms with Crippen LogP contribution in [0.1, 0.15) is 57.3 Å². The Balaban J connectivity index is 1.26. The van der Waals surface area contributed by atoms with E-state index < -0.39 is 0 Å². The second kappa shape index (κ2) is 8.06. The number of furan rings is 1. The number of aryl methyl sites for hydroxylation is 1. The summed E-state index contributed by atoms with van der Waals surface area (Å²) in [5, 5.41) is 7.75. The average molecular weight is 418 g/mol. The fourth-order valence-corrected chi connectivity index (χ4v) is 4.58. The maximum atomic E-state index is 13.3. The number of benzene rings is 1. The number of nitrogens with one attached hydrogen (secondary N) is 1. The van der Waals surface area contributed by atoms with E-state index in [0.717, 1.165) is 49.0 Å². The average Bonchev–Trinajstić information content (AvgIpc) is 3.51. The van der Waals surface area contributed by atoms with Crippen molar-refractivity contribution in [2.45, 2.75) is 45.1 Å². The summed E-state index contributed by atoms with van der Waals surface area (Å²) in [7, 11) is 0. The lowest BCUT2D eigenvalue weighted by Gasteiger charge is -2.32. The van der Waals surface area contributed by atoms with Crippen LogP contribution in [0.4, 0.5) is 0 Å². The number of likely N-dealkylation sites (tertiary alicyclic amines) is 1. The molecule has 0 saturated carbocycles. The van der Waals surface area contributed by atoms with Crippen molar-refractivity contribution in [2.75, 3.05) is 13.1 Å². The SMILES string of the molecule is Cc1ccc(C(=O)NC2CCN(C(=O)c3nn(-c4ccccc4)c4c3CCC4)CC2)o1. The number of fused-ring (bicyclic) bond motifs is 1. The highest BCUT2D eigenvalue weighted by Gasteiger charge is 2.32. The van der Waals surface area contributed by atoms with Crippen molar-refractivity contribution in [3.05, 3.63) is 70.9 Å². The highest BCUT2D eigenvalue weighted by Crippen LogP contribution is 2.29. The number of carbonyl (C=O) groups is 2. The predicted octanol–water partition coefficient (Wildman–Crippen LogP) is 3.30. The van der Waals surface area contributed by atoms with Crippen molar-refractivity contribution >= 4 is 11.8 Å². The van der Waals surface area contributed by atoms with Crippen LogP contribution in [0.15, 0.2) is 46.9 Å². The Morgan fingerprint density at radius 3 is 2.55 bits per heavy atom. The number of hydrogen-bond acceptors (Lipinski definition) is 4. The van der Waals surface area contributed by atoms with Gasteiger partial charge in [0.25, 0.3) is 11.8 Å². The Bertz CT molecular complexity index is 1110. The zero-order valence-electron chi connectivity index (χ0n) is 17.6. The van der Waals surface area contributed by atoms with E-state index in [1.54, 1.807) is 12.1 Å². The molecule has 1 aliphatic heterocycles. The fraction of sp³-hybridized carbons (Fsp3) is 0.375. The van der Waals surface area contributed by atoms with Crippen LogP contribution in [0.25, 0.3) is 5.69 Å². The minimum atomic E-state index is -0.197. The van der Waals surface area contributed by atoms with E-state index in [4.69, 9.17) is 9.52 Å². The molecule has 1 aromatic carbocycles. The van der Waals surface area contributed by atoms with Gasteiger partial charge in [-0.2, -0.15) is 5.10 Å². The van der Waals surface area contributed by atoms with Crippen LogP contribution < -0.4 is 5.32 Å². The van der Waals surface area contributed by atoms with Gasteiger partial charge in [0.05, 0.1) is 5.69 Å². The number of piperidine rings is 1. The number of aromatic nitrogens is 2. The standard InChI is InChI=1S/C24H26N4O3/c1-16-10-11-21(31-16)23(29)25-17-12-14-27(15-13-17)24(30)22-19-8-5-9-20(19)28(26-22)18-6-3-2-4-7-18/h2-4,6-7,10-11,17H,5,8-9,12-15H2,1H3,(H,25,29). The van der Waals surface area contributed by atoms with E-state index in [1.807, 2.05) is 46.8 Å². The van der Waals surface area contributed by atoms with Crippen molar-refractivity contribution in [3.8, 4) is 5.69 Å². The van der Waals surface area contributed by atoms with Crippen LogP contribution in [0.2, 0.25) is 0 Å². The van der Waals surface area contributed by atoms with Gasteiger partial charge in [-0.15, -0.1) is 0 Å². The summed E-state index contributed by atoms with van der Waals surface area (Å²) in [5.41, 5.74) is 3.84. The van der Waals surface area contributed by atoms with E-state index in [1.165, 1.54) is 0 Å². The van der Waals surface area contributed by atoms with Crippen LogP contribution in [0.5, 0.6) is 0 Å². The topological polar surface area (TPSA) is 80.4 Å². The molecular weight excluding hydrogens is 392 g/mol. The van der Waals surface area contributed by atoms with Gasteiger partial charge >= 0.3 is 0 Å². The first-order chi connectivity index (χ1) is 15.1. The first kappa shape index (κ1) is 19.6. The molecule has 5 rings (SSSR count). The molecule has 160 valence electrons. The van der Waals surface area contributed by atoms with Gasteiger partial charge in [-0.25, -0.2) is 4.68 Å². The molecule has 1 saturated heterocycles. The molecule has 1 fully saturated rings. The van der Waals surface area contributed by atoms with Gasteiger partial charge in [-0.05, 0) is 63.3 Å². The summed E-state index contributed by atoms with van der Waals surface area (Å²) in [6, 6.07) is 13.5. The van der Waals surface area contributed by atoms with Crippen LogP contribution in [-0.2, 0) is 12.8 Å². The lowest BCUT2D eigenvalue weighted by atomic mass is 10.0. The molecule has 7 heteroatoms. The maximum Gasteiger partial charge on any atom is 0.287 e. The summed E-state index contributed by atoms with van der Waals surface area (Å²) in [6.45, 7) is 3.03. The lowest BCUT2D eigenvalue weighted by molar-refractivity contribution is 0.0688. The van der Waals surface area contributed by atoms with Crippen LogP contribution in [0.3, 0.4) is 0 Å². The molecule has 0 bridgehead atoms. The largest absolute Gasteiger partial charge is 0.456 e. The molecule has 0 spiro atoms. The Labute approximate surface area is 181 Å². The van der Waals surface area contributed by atoms with Crippen molar-refractivity contribution in [1.29, 1.82) is 0 Å². The van der Waals surface area contributed by atoms with E-state index >= 15 is 0 Å². The van der Waals surface area contributed by atoms with Crippen LogP contribution in [-0.4, -0.2) is 45.6 Å². The van der Waals surface area contributed by atoms with Gasteiger partial charge in [0.2, 0.25) is 0 Å². The van der Waals surface area contributed by atoms with Crippen molar-refractivity contribution in [3.63, 3.8) is 0 Å². The molecule has 7 nitrogen and oxygen atoms in total. The molecule has 0 radical (unpaired) electrons. The van der Waals surface area contributed by atoms with Gasteiger partial charge in [-0.3, -0.25) is 9.59 Å². The number of rotatable bonds is 4. The summed E-state index contributed by atoms with van der Waals surface area (Å²) < 4.78 is 7.34. The Morgan fingerprint density at radius 2 is 1.84 bits per heavy atom. The van der Waals surface area contributed by atoms with E-state index in [0.29, 0.717) is 30.3 Å². The van der Waals surface area contributed by atoms with Crippen molar-refractivity contribution < 1.29 is 14.0 Å². The molecular formula is C24H26N4O3. The zero-order valence-corrected chi connectivity index (χ0v) is 17.6. The van der Waals surface area contributed by atoms with Crippen molar-refractivity contribution in [2.24, 2.45) is 0 Å². The molecule has 2 aliphatic rings. The van der Waals surface area contributed by atoms with E-state index in [2.05, 4.69) is 5.32 Å². The maximum absolute atomic E-state index is 13.3. The van der Waals surface area contributed by atoms with Crippen molar-refractivity contribution in [1.82, 2.24) is 20.0 Å². The summed E-state index contributed by atoms with van der Waals surface area (Å²) >= 11 is 0. The quantitative estimate of drug-likeness (QED) is 0.705. The van der Waals surface area contributed by atoms with Gasteiger partial charge in [-0.1, -0.05) is 18.2 Å². The summed E-state index contributed by atoms with van der Waals surface area (Å²) in [6.07, 6.45) is 4.35. The molecule has 3 aromatic rings. The highest BCUT2D eigenvalue weighted by molar-refractivity contribution is 5.94. The molecule has 0 atom stereocenters. The lowest BCUT2D eigenvalue weighted by Crippen LogP contribution is -2.46. The number of amides is 2. The Kier molecular flexibility index (Phi) is 5.10. The smallest absolute Gasteiger partial charge is 0.287 e. The second-order valence-corrected chi connectivity index (χ2v) is 8.32. The Morgan fingerprint density at radius 1 is 1.06 bits per heavy atom. The fourth-order valence-electron chi connectivity index (χ4n) is 4.58. The van der Waals surface area contributed by atoms with Gasteiger partial charge < -0.3 is 14.6 Å². The monoisotopic (exact) mass is 418 g/mol. The summed E-state index contributed by atoms with van der Waals surface area (Å²) in [4.78, 5) is 27.5. The molecule has 1 N–H and O–H groups in total. The molecule has 1 aliphatic carbocycles. The third-order valence-corrected chi connectivity index (χ3v) is 6.22. The third kappa shape index (κ3) is 3.76. The zero-order chi connectivity index (χ0) is 21.4. The van der Waals surface area contributed by atoms with E-state index in [9.17, 15) is 9.59 Å². The molecule has 0 unspecified atom stereocenters. The molecule has 2 amide bonds. The summed E-state index contributed by atoms with van der Waals surface area (Å²) in [5.74, 6) is 0.850. The van der Waals surface area contributed by atoms with Crippen LogP contribution in [0, 0.1) is 6.92 Å². The number of para-hydroxylation sites is 1. The second-order valence-electron chi connectivity index (χ2n) is 8.32. The highest BCUT2D eigenvalue weighted by atomic mass is 16.3. The van der Waals surface area contributed by atoms with Gasteiger partial charge in [0, 0.05) is 30.4 Å². The number of hydrogen-bond donors (Lipinski definition) is 1. The van der Waals surface area contributed by atoms with Gasteiger partial charge in [0.1, 0.15) is 5.76 Å². The third-order valence-electron chi connectivity index (χ3n) is 6.22. The first-order valence-electron chi connectivity index (χ1n) is 10.9. The predicted molar refractivity (Wildman–Crippen MR) is 115 cm³/mol. The first-order valence-corrected chi connectivity index (χ1v) is 10.9. The molecule has 2 aromatic heterocycles. The Hall–Kier alpha value is -3.35. The van der Waals surface area contributed by atoms with Crippen LogP contribution >= 0.6 is 0 Å². The molecule has 3 heterocycles. The van der Waals surface area contributed by atoms with E-state index in [-0.39, 0.29) is 17.9 Å². The van der Waals surface area contributed by atoms with Gasteiger partial charge in [0.15, 0.2) is 11.5 Å². The molecule has 31 heavy (non-hydrogen) atoms. The minimum absolute atomic E-state index is 0.000679.